The molecule has 1 aliphatic rings. The summed E-state index contributed by atoms with van der Waals surface area (Å²) in [6.45, 7) is 2.15. The van der Waals surface area contributed by atoms with Crippen LogP contribution in [0.3, 0.4) is 0 Å². The minimum absolute atomic E-state index is 0.232. The van der Waals surface area contributed by atoms with Crippen molar-refractivity contribution < 1.29 is 4.79 Å². The van der Waals surface area contributed by atoms with Gasteiger partial charge in [-0.25, -0.2) is 0 Å². The van der Waals surface area contributed by atoms with Crippen LogP contribution >= 0.6 is 34.5 Å². The molecule has 2 aromatic rings. The number of carbonyl (C=O) groups is 1. The molecular formula is C16H16Cl2N2OS. The number of hydrogen-bond donors (Lipinski definition) is 1. The van der Waals surface area contributed by atoms with E-state index in [0.717, 1.165) is 24.5 Å². The zero-order chi connectivity index (χ0) is 15.5. The number of piperidine rings is 1. The largest absolute Gasteiger partial charge is 0.371 e. The zero-order valence-electron chi connectivity index (χ0n) is 11.9. The van der Waals surface area contributed by atoms with Gasteiger partial charge < -0.3 is 10.2 Å². The summed E-state index contributed by atoms with van der Waals surface area (Å²) in [6.07, 6.45) is 3.74. The van der Waals surface area contributed by atoms with Crippen molar-refractivity contribution in [1.29, 1.82) is 0 Å². The van der Waals surface area contributed by atoms with Crippen molar-refractivity contribution in [2.24, 2.45) is 0 Å². The second kappa shape index (κ2) is 6.90. The molecule has 1 aromatic carbocycles. The lowest BCUT2D eigenvalue weighted by atomic mass is 10.1. The third-order valence-electron chi connectivity index (χ3n) is 3.73. The van der Waals surface area contributed by atoms with Crippen LogP contribution in [0.5, 0.6) is 0 Å². The summed E-state index contributed by atoms with van der Waals surface area (Å²) in [7, 11) is 0. The molecule has 0 unspecified atom stereocenters. The molecule has 0 saturated carbocycles. The summed E-state index contributed by atoms with van der Waals surface area (Å²) >= 11 is 13.1. The van der Waals surface area contributed by atoms with Crippen molar-refractivity contribution in [2.45, 2.75) is 19.3 Å². The summed E-state index contributed by atoms with van der Waals surface area (Å²) < 4.78 is 0.923. The fraction of sp³-hybridized carbons (Fsp3) is 0.312. The van der Waals surface area contributed by atoms with Crippen LogP contribution in [0.15, 0.2) is 30.3 Å². The molecule has 0 spiro atoms. The van der Waals surface area contributed by atoms with Gasteiger partial charge in [0.1, 0.15) is 4.34 Å². The lowest BCUT2D eigenvalue weighted by molar-refractivity contribution is 0.102. The van der Waals surface area contributed by atoms with Crippen LogP contribution in [-0.4, -0.2) is 19.0 Å². The molecule has 1 N–H and O–H groups in total. The van der Waals surface area contributed by atoms with Gasteiger partial charge >= 0.3 is 0 Å². The molecule has 3 nitrogen and oxygen atoms in total. The van der Waals surface area contributed by atoms with Gasteiger partial charge in [-0.2, -0.15) is 0 Å². The lowest BCUT2D eigenvalue weighted by Gasteiger charge is -2.29. The van der Waals surface area contributed by atoms with E-state index in [1.165, 1.54) is 30.6 Å². The van der Waals surface area contributed by atoms with E-state index in [1.807, 2.05) is 18.2 Å². The van der Waals surface area contributed by atoms with Gasteiger partial charge in [-0.1, -0.05) is 29.3 Å². The van der Waals surface area contributed by atoms with Gasteiger partial charge in [-0.3, -0.25) is 4.79 Å². The highest BCUT2D eigenvalue weighted by atomic mass is 35.5. The van der Waals surface area contributed by atoms with Gasteiger partial charge in [0.2, 0.25) is 0 Å². The van der Waals surface area contributed by atoms with E-state index in [-0.39, 0.29) is 5.91 Å². The molecule has 0 atom stereocenters. The molecular weight excluding hydrogens is 339 g/mol. The first-order valence-corrected chi connectivity index (χ1v) is 8.82. The molecule has 3 rings (SSSR count). The molecule has 0 aliphatic carbocycles. The minimum atomic E-state index is -0.232. The van der Waals surface area contributed by atoms with Crippen molar-refractivity contribution >= 4 is 51.8 Å². The molecule has 1 saturated heterocycles. The molecule has 1 fully saturated rings. The highest BCUT2D eigenvalue weighted by molar-refractivity contribution is 7.20. The Bertz CT molecular complexity index is 681. The minimum Gasteiger partial charge on any atom is -0.371 e. The number of halogens is 2. The monoisotopic (exact) mass is 354 g/mol. The smallest absolute Gasteiger partial charge is 0.258 e. The molecule has 22 heavy (non-hydrogen) atoms. The van der Waals surface area contributed by atoms with Crippen LogP contribution in [0.2, 0.25) is 8.67 Å². The van der Waals surface area contributed by atoms with Gasteiger partial charge in [-0.05, 0) is 43.5 Å². The summed E-state index contributed by atoms with van der Waals surface area (Å²) in [5.41, 5.74) is 2.33. The van der Waals surface area contributed by atoms with Crippen molar-refractivity contribution in [3.63, 3.8) is 0 Å². The Hall–Kier alpha value is -1.23. The van der Waals surface area contributed by atoms with Gasteiger partial charge in [0.25, 0.3) is 5.91 Å². The van der Waals surface area contributed by atoms with Crippen molar-refractivity contribution in [3.05, 3.63) is 44.6 Å². The standard InChI is InChI=1S/C16H16Cl2N2OS/c17-14-10-13(15(18)22-14)16(21)19-11-5-4-6-12(9-11)20-7-2-1-3-8-20/h4-6,9-10H,1-3,7-8H2,(H,19,21). The van der Waals surface area contributed by atoms with Crippen LogP contribution in [0.1, 0.15) is 29.6 Å². The molecule has 1 aliphatic heterocycles. The molecule has 2 heterocycles. The van der Waals surface area contributed by atoms with E-state index in [9.17, 15) is 4.79 Å². The average molecular weight is 355 g/mol. The number of benzene rings is 1. The van der Waals surface area contributed by atoms with E-state index in [1.54, 1.807) is 6.07 Å². The van der Waals surface area contributed by atoms with E-state index in [2.05, 4.69) is 16.3 Å². The zero-order valence-corrected chi connectivity index (χ0v) is 14.3. The Labute approximate surface area is 143 Å². The van der Waals surface area contributed by atoms with E-state index < -0.39 is 0 Å². The third kappa shape index (κ3) is 3.57. The maximum absolute atomic E-state index is 12.3. The summed E-state index contributed by atoms with van der Waals surface area (Å²) in [6, 6.07) is 9.52. The first-order valence-electron chi connectivity index (χ1n) is 7.25. The second-order valence-electron chi connectivity index (χ2n) is 5.29. The molecule has 0 radical (unpaired) electrons. The van der Waals surface area contributed by atoms with Crippen molar-refractivity contribution in [1.82, 2.24) is 0 Å². The van der Waals surface area contributed by atoms with Gasteiger partial charge in [0.05, 0.1) is 9.90 Å². The number of thiophene rings is 1. The molecule has 6 heteroatoms. The second-order valence-corrected chi connectivity index (χ2v) is 7.58. The van der Waals surface area contributed by atoms with Crippen LogP contribution in [-0.2, 0) is 0 Å². The predicted molar refractivity (Wildman–Crippen MR) is 94.8 cm³/mol. The number of rotatable bonds is 3. The average Bonchev–Trinajstić information content (AvgIpc) is 2.87. The van der Waals surface area contributed by atoms with Gasteiger partial charge in [-0.15, -0.1) is 11.3 Å². The molecule has 1 amide bonds. The number of anilines is 2. The fourth-order valence-corrected chi connectivity index (χ4v) is 4.08. The number of hydrogen-bond acceptors (Lipinski definition) is 3. The summed E-state index contributed by atoms with van der Waals surface area (Å²) in [5, 5.41) is 2.89. The molecule has 116 valence electrons. The lowest BCUT2D eigenvalue weighted by Crippen LogP contribution is -2.29. The fourth-order valence-electron chi connectivity index (χ4n) is 2.63. The predicted octanol–water partition coefficient (Wildman–Crippen LogP) is 5.30. The van der Waals surface area contributed by atoms with E-state index in [4.69, 9.17) is 23.2 Å². The Balaban J connectivity index is 1.75. The maximum Gasteiger partial charge on any atom is 0.258 e. The van der Waals surface area contributed by atoms with Crippen molar-refractivity contribution in [3.8, 4) is 0 Å². The van der Waals surface area contributed by atoms with Crippen LogP contribution < -0.4 is 10.2 Å². The maximum atomic E-state index is 12.3. The Morgan fingerprint density at radius 2 is 1.91 bits per heavy atom. The highest BCUT2D eigenvalue weighted by Crippen LogP contribution is 2.32. The SMILES string of the molecule is O=C(Nc1cccc(N2CCCCC2)c1)c1cc(Cl)sc1Cl. The topological polar surface area (TPSA) is 32.3 Å². The quantitative estimate of drug-likeness (QED) is 0.811. The molecule has 1 aromatic heterocycles. The number of amides is 1. The Morgan fingerprint density at radius 1 is 1.14 bits per heavy atom. The van der Waals surface area contributed by atoms with Crippen molar-refractivity contribution in [2.75, 3.05) is 23.3 Å². The third-order valence-corrected chi connectivity index (χ3v) is 5.21. The molecule has 0 bridgehead atoms. The summed E-state index contributed by atoms with van der Waals surface area (Å²) in [5.74, 6) is -0.232. The van der Waals surface area contributed by atoms with E-state index in [0.29, 0.717) is 14.2 Å². The van der Waals surface area contributed by atoms with Crippen LogP contribution in [0.25, 0.3) is 0 Å². The first-order chi connectivity index (χ1) is 10.6. The van der Waals surface area contributed by atoms with Crippen LogP contribution in [0.4, 0.5) is 11.4 Å². The van der Waals surface area contributed by atoms with Gasteiger partial charge in [0, 0.05) is 24.5 Å². The highest BCUT2D eigenvalue weighted by Gasteiger charge is 2.15. The first kappa shape index (κ1) is 15.7. The Kier molecular flexibility index (Phi) is 4.91. The van der Waals surface area contributed by atoms with Gasteiger partial charge in [0.15, 0.2) is 0 Å². The normalized spacial score (nSPS) is 14.9. The number of nitrogens with zero attached hydrogens (tertiary/aromatic N) is 1. The Morgan fingerprint density at radius 3 is 2.59 bits per heavy atom. The van der Waals surface area contributed by atoms with Crippen LogP contribution in [0, 0.1) is 0 Å². The van der Waals surface area contributed by atoms with E-state index >= 15 is 0 Å². The number of nitrogens with one attached hydrogen (secondary N) is 1. The number of carbonyl (C=O) groups excluding carboxylic acids is 1. The summed E-state index contributed by atoms with van der Waals surface area (Å²) in [4.78, 5) is 14.6.